The van der Waals surface area contributed by atoms with E-state index in [1.807, 2.05) is 0 Å². The fourth-order valence-electron chi connectivity index (χ4n) is 3.44. The highest BCUT2D eigenvalue weighted by Crippen LogP contribution is 2.17. The minimum absolute atomic E-state index is 0.0961. The third-order valence-electron chi connectivity index (χ3n) is 5.32. The summed E-state index contributed by atoms with van der Waals surface area (Å²) in [5.74, 6) is -1.17. The zero-order valence-electron chi connectivity index (χ0n) is 21.4. The van der Waals surface area contributed by atoms with Crippen LogP contribution in [-0.4, -0.2) is 64.2 Å². The lowest BCUT2D eigenvalue weighted by Gasteiger charge is -2.12. The molecule has 0 aromatic heterocycles. The largest absolute Gasteiger partial charge is 0.385 e. The third kappa shape index (κ3) is 10.8. The minimum Gasteiger partial charge on any atom is -0.385 e. The van der Waals surface area contributed by atoms with Gasteiger partial charge in [-0.25, -0.2) is 0 Å². The van der Waals surface area contributed by atoms with Crippen LogP contribution in [0.1, 0.15) is 52.8 Å². The lowest BCUT2D eigenvalue weighted by Crippen LogP contribution is -2.27. The molecule has 0 fully saturated rings. The minimum atomic E-state index is -0.303. The van der Waals surface area contributed by atoms with E-state index in [1.54, 1.807) is 62.8 Å². The predicted octanol–water partition coefficient (Wildman–Crippen LogP) is 2.97. The first-order valence-corrected chi connectivity index (χ1v) is 12.3. The molecule has 0 spiro atoms. The van der Waals surface area contributed by atoms with Crippen molar-refractivity contribution < 1.29 is 28.7 Å². The summed E-state index contributed by atoms with van der Waals surface area (Å²) in [4.78, 5) is 49.8. The van der Waals surface area contributed by atoms with Crippen molar-refractivity contribution >= 4 is 35.0 Å². The Morgan fingerprint density at radius 1 is 0.622 bits per heavy atom. The highest BCUT2D eigenvalue weighted by atomic mass is 16.5. The maximum absolute atomic E-state index is 12.5. The molecule has 2 aromatic carbocycles. The Hall–Kier alpha value is -3.76. The van der Waals surface area contributed by atoms with Crippen molar-refractivity contribution in [1.29, 1.82) is 0 Å². The number of hydrogen-bond acceptors (Lipinski definition) is 6. The summed E-state index contributed by atoms with van der Waals surface area (Å²) in [6, 6.07) is 13.5. The fraction of sp³-hybridized carbons (Fsp3) is 0.407. The van der Waals surface area contributed by atoms with Gasteiger partial charge in [-0.3, -0.25) is 19.2 Å². The standard InChI is InChI=1S/C27H36N4O6/c1-36-18-8-16-28-26(34)20-10-3-5-12-22(20)30-24(32)14-7-15-25(33)31-23-13-6-4-11-21(23)27(35)29-17-9-19-37-2/h3-6,10-13H,7-9,14-19H2,1-2H3,(H,28,34)(H,29,35)(H,30,32)(H,31,33). The molecule has 10 nitrogen and oxygen atoms in total. The van der Waals surface area contributed by atoms with Crippen molar-refractivity contribution in [3.63, 3.8) is 0 Å². The Balaban J connectivity index is 1.82. The molecule has 37 heavy (non-hydrogen) atoms. The molecule has 0 atom stereocenters. The number of carbonyl (C=O) groups is 4. The van der Waals surface area contributed by atoms with Crippen LogP contribution in [0.2, 0.25) is 0 Å². The molecule has 0 radical (unpaired) electrons. The molecular weight excluding hydrogens is 476 g/mol. The van der Waals surface area contributed by atoms with Gasteiger partial charge in [-0.15, -0.1) is 0 Å². The molecule has 0 aliphatic carbocycles. The van der Waals surface area contributed by atoms with E-state index in [4.69, 9.17) is 9.47 Å². The Kier molecular flexibility index (Phi) is 13.4. The number of carbonyl (C=O) groups excluding carboxylic acids is 4. The van der Waals surface area contributed by atoms with Crippen molar-refractivity contribution in [2.45, 2.75) is 32.1 Å². The number of hydrogen-bond donors (Lipinski definition) is 4. The Bertz CT molecular complexity index is 962. The molecule has 0 unspecified atom stereocenters. The Labute approximate surface area is 217 Å². The monoisotopic (exact) mass is 512 g/mol. The predicted molar refractivity (Wildman–Crippen MR) is 142 cm³/mol. The van der Waals surface area contributed by atoms with Crippen molar-refractivity contribution in [2.24, 2.45) is 0 Å². The molecule has 2 rings (SSSR count). The number of methoxy groups -OCH3 is 2. The van der Waals surface area contributed by atoms with Crippen molar-refractivity contribution in [3.05, 3.63) is 59.7 Å². The van der Waals surface area contributed by atoms with Crippen molar-refractivity contribution in [1.82, 2.24) is 10.6 Å². The number of rotatable bonds is 16. The third-order valence-corrected chi connectivity index (χ3v) is 5.32. The molecule has 2 aromatic rings. The number of benzene rings is 2. The van der Waals surface area contributed by atoms with Crippen LogP contribution in [0.3, 0.4) is 0 Å². The smallest absolute Gasteiger partial charge is 0.253 e. The summed E-state index contributed by atoms with van der Waals surface area (Å²) in [7, 11) is 3.20. The van der Waals surface area contributed by atoms with Crippen molar-refractivity contribution in [3.8, 4) is 0 Å². The summed E-state index contributed by atoms with van der Waals surface area (Å²) < 4.78 is 9.95. The fourth-order valence-corrected chi connectivity index (χ4v) is 3.44. The van der Waals surface area contributed by atoms with E-state index in [-0.39, 0.29) is 36.5 Å². The van der Waals surface area contributed by atoms with E-state index in [0.29, 0.717) is 68.1 Å². The molecule has 0 heterocycles. The molecule has 0 aliphatic rings. The normalized spacial score (nSPS) is 10.4. The Morgan fingerprint density at radius 3 is 1.43 bits per heavy atom. The summed E-state index contributed by atoms with van der Waals surface area (Å²) >= 11 is 0. The quantitative estimate of drug-likeness (QED) is 0.256. The average molecular weight is 513 g/mol. The molecule has 4 amide bonds. The van der Waals surface area contributed by atoms with Gasteiger partial charge in [-0.1, -0.05) is 24.3 Å². The highest BCUT2D eigenvalue weighted by Gasteiger charge is 2.15. The van der Waals surface area contributed by atoms with Gasteiger partial charge in [0.2, 0.25) is 11.8 Å². The zero-order chi connectivity index (χ0) is 26.9. The summed E-state index contributed by atoms with van der Waals surface area (Å²) in [5.41, 5.74) is 1.55. The maximum Gasteiger partial charge on any atom is 0.253 e. The van der Waals surface area contributed by atoms with Gasteiger partial charge in [0, 0.05) is 53.4 Å². The van der Waals surface area contributed by atoms with Gasteiger partial charge in [0.25, 0.3) is 11.8 Å². The lowest BCUT2D eigenvalue weighted by molar-refractivity contribution is -0.117. The first kappa shape index (κ1) is 29.5. The summed E-state index contributed by atoms with van der Waals surface area (Å²) in [6.07, 6.45) is 1.86. The van der Waals surface area contributed by atoms with E-state index < -0.39 is 0 Å². The second kappa shape index (κ2) is 16.8. The van der Waals surface area contributed by atoms with Gasteiger partial charge in [-0.05, 0) is 43.5 Å². The topological polar surface area (TPSA) is 135 Å². The molecule has 200 valence electrons. The van der Waals surface area contributed by atoms with Crippen molar-refractivity contribution in [2.75, 3.05) is 51.2 Å². The van der Waals surface area contributed by atoms with Crippen LogP contribution in [0.5, 0.6) is 0 Å². The van der Waals surface area contributed by atoms with Crippen LogP contribution in [-0.2, 0) is 19.1 Å². The summed E-state index contributed by atoms with van der Waals surface area (Å²) in [6.45, 7) is 2.01. The summed E-state index contributed by atoms with van der Waals surface area (Å²) in [5, 5.41) is 11.1. The van der Waals surface area contributed by atoms with Crippen LogP contribution in [0.15, 0.2) is 48.5 Å². The van der Waals surface area contributed by atoms with Gasteiger partial charge in [0.15, 0.2) is 0 Å². The Morgan fingerprint density at radius 2 is 1.03 bits per heavy atom. The number of amides is 4. The second-order valence-corrected chi connectivity index (χ2v) is 8.25. The van der Waals surface area contributed by atoms with Crippen LogP contribution in [0, 0.1) is 0 Å². The molecule has 0 saturated carbocycles. The molecular formula is C27H36N4O6. The van der Waals surface area contributed by atoms with E-state index in [2.05, 4.69) is 21.3 Å². The van der Waals surface area contributed by atoms with Crippen LogP contribution >= 0.6 is 0 Å². The highest BCUT2D eigenvalue weighted by molar-refractivity contribution is 6.05. The number of para-hydroxylation sites is 2. The second-order valence-electron chi connectivity index (χ2n) is 8.25. The van der Waals surface area contributed by atoms with Gasteiger partial charge in [-0.2, -0.15) is 0 Å². The van der Waals surface area contributed by atoms with Crippen LogP contribution < -0.4 is 21.3 Å². The van der Waals surface area contributed by atoms with Gasteiger partial charge in [0.05, 0.1) is 22.5 Å². The van der Waals surface area contributed by atoms with Gasteiger partial charge in [0.1, 0.15) is 0 Å². The van der Waals surface area contributed by atoms with Crippen LogP contribution in [0.4, 0.5) is 11.4 Å². The first-order valence-electron chi connectivity index (χ1n) is 12.3. The zero-order valence-corrected chi connectivity index (χ0v) is 21.4. The number of anilines is 2. The first-order chi connectivity index (χ1) is 18.0. The van der Waals surface area contributed by atoms with E-state index in [9.17, 15) is 19.2 Å². The number of ether oxygens (including phenoxy) is 2. The number of nitrogens with one attached hydrogen (secondary N) is 4. The van der Waals surface area contributed by atoms with E-state index in [1.165, 1.54) is 0 Å². The molecule has 0 aliphatic heterocycles. The molecule has 0 saturated heterocycles. The lowest BCUT2D eigenvalue weighted by atomic mass is 10.1. The van der Waals surface area contributed by atoms with E-state index >= 15 is 0 Å². The molecule has 4 N–H and O–H groups in total. The maximum atomic E-state index is 12.5. The average Bonchev–Trinajstić information content (AvgIpc) is 2.89. The molecule has 0 bridgehead atoms. The van der Waals surface area contributed by atoms with Gasteiger partial charge >= 0.3 is 0 Å². The molecule has 10 heteroatoms. The van der Waals surface area contributed by atoms with Crippen LogP contribution in [0.25, 0.3) is 0 Å². The van der Waals surface area contributed by atoms with E-state index in [0.717, 1.165) is 0 Å². The SMILES string of the molecule is COCCCNC(=O)c1ccccc1NC(=O)CCCC(=O)Nc1ccccc1C(=O)NCCCOC. The van der Waals surface area contributed by atoms with Gasteiger partial charge < -0.3 is 30.7 Å².